The number of benzene rings is 1. The monoisotopic (exact) mass is 320 g/mol. The molecule has 0 atom stereocenters. The highest BCUT2D eigenvalue weighted by Crippen LogP contribution is 2.28. The first-order valence-electron chi connectivity index (χ1n) is 8.48. The molecule has 0 saturated carbocycles. The normalized spacial score (nSPS) is 16.3. The second kappa shape index (κ2) is 9.53. The Morgan fingerprint density at radius 1 is 1.09 bits per heavy atom. The number of hydrogen-bond acceptors (Lipinski definition) is 5. The van der Waals surface area contributed by atoms with E-state index < -0.39 is 0 Å². The van der Waals surface area contributed by atoms with Crippen LogP contribution in [0.5, 0.6) is 11.5 Å². The minimum Gasteiger partial charge on any atom is -0.490 e. The molecule has 0 radical (unpaired) electrons. The second-order valence-electron chi connectivity index (χ2n) is 5.96. The van der Waals surface area contributed by atoms with Gasteiger partial charge in [-0.3, -0.25) is 4.79 Å². The van der Waals surface area contributed by atoms with Crippen LogP contribution >= 0.6 is 0 Å². The van der Waals surface area contributed by atoms with E-state index in [2.05, 4.69) is 16.8 Å². The summed E-state index contributed by atoms with van der Waals surface area (Å²) in [6.45, 7) is 8.95. The van der Waals surface area contributed by atoms with Gasteiger partial charge in [0.2, 0.25) is 0 Å². The molecule has 0 aromatic heterocycles. The van der Waals surface area contributed by atoms with E-state index in [0.29, 0.717) is 24.5 Å². The van der Waals surface area contributed by atoms with E-state index in [1.54, 1.807) is 12.1 Å². The number of nitrogens with zero attached hydrogens (tertiary/aromatic N) is 2. The van der Waals surface area contributed by atoms with E-state index in [9.17, 15) is 4.79 Å². The van der Waals surface area contributed by atoms with E-state index in [1.807, 2.05) is 13.0 Å². The van der Waals surface area contributed by atoms with Gasteiger partial charge in [-0.2, -0.15) is 0 Å². The molecule has 128 valence electrons. The van der Waals surface area contributed by atoms with Crippen molar-refractivity contribution in [3.8, 4) is 11.5 Å². The molecular formula is C18H28N2O3. The third kappa shape index (κ3) is 5.84. The lowest BCUT2D eigenvalue weighted by Gasteiger charge is -2.32. The van der Waals surface area contributed by atoms with Gasteiger partial charge in [0.1, 0.15) is 6.29 Å². The van der Waals surface area contributed by atoms with Gasteiger partial charge in [0.25, 0.3) is 0 Å². The predicted molar refractivity (Wildman–Crippen MR) is 91.7 cm³/mol. The lowest BCUT2D eigenvalue weighted by molar-refractivity contribution is 0.112. The van der Waals surface area contributed by atoms with Crippen LogP contribution in [0, 0.1) is 0 Å². The van der Waals surface area contributed by atoms with Crippen LogP contribution < -0.4 is 9.47 Å². The third-order valence-corrected chi connectivity index (χ3v) is 4.13. The molecule has 1 aliphatic heterocycles. The highest BCUT2D eigenvalue weighted by atomic mass is 16.5. The van der Waals surface area contributed by atoms with Crippen molar-refractivity contribution in [1.29, 1.82) is 0 Å². The maximum Gasteiger partial charge on any atom is 0.161 e. The zero-order valence-corrected chi connectivity index (χ0v) is 14.3. The van der Waals surface area contributed by atoms with Crippen molar-refractivity contribution < 1.29 is 14.3 Å². The molecule has 1 heterocycles. The molecule has 5 heteroatoms. The van der Waals surface area contributed by atoms with Gasteiger partial charge >= 0.3 is 0 Å². The summed E-state index contributed by atoms with van der Waals surface area (Å²) in [5.74, 6) is 1.37. The van der Waals surface area contributed by atoms with Crippen molar-refractivity contribution in [3.05, 3.63) is 23.8 Å². The van der Waals surface area contributed by atoms with Gasteiger partial charge in [0, 0.05) is 31.7 Å². The summed E-state index contributed by atoms with van der Waals surface area (Å²) < 4.78 is 11.4. The molecule has 1 aromatic rings. The summed E-state index contributed by atoms with van der Waals surface area (Å²) in [7, 11) is 2.18. The van der Waals surface area contributed by atoms with Crippen LogP contribution in [-0.2, 0) is 0 Å². The van der Waals surface area contributed by atoms with Crippen molar-refractivity contribution in [1.82, 2.24) is 9.80 Å². The number of hydrogen-bond donors (Lipinski definition) is 0. The molecule has 0 bridgehead atoms. The molecule has 0 amide bonds. The standard InChI is InChI=1S/C18H28N2O3/c1-3-22-18-14-16(15-21)6-7-17(18)23-13-5-4-8-20-11-9-19(2)10-12-20/h6-7,14-15H,3-5,8-13H2,1-2H3. The first-order chi connectivity index (χ1) is 11.2. The third-order valence-electron chi connectivity index (χ3n) is 4.13. The molecule has 0 spiro atoms. The summed E-state index contributed by atoms with van der Waals surface area (Å²) in [4.78, 5) is 15.7. The Morgan fingerprint density at radius 3 is 2.57 bits per heavy atom. The van der Waals surface area contributed by atoms with Crippen LogP contribution in [0.15, 0.2) is 18.2 Å². The van der Waals surface area contributed by atoms with Crippen molar-refractivity contribution >= 4 is 6.29 Å². The molecule has 2 rings (SSSR count). The minimum atomic E-state index is 0.558. The number of ether oxygens (including phenoxy) is 2. The van der Waals surface area contributed by atoms with Gasteiger partial charge in [-0.05, 0) is 51.6 Å². The zero-order chi connectivity index (χ0) is 16.5. The van der Waals surface area contributed by atoms with Gasteiger partial charge in [-0.25, -0.2) is 0 Å². The number of carbonyl (C=O) groups excluding carboxylic acids is 1. The molecule has 1 aromatic carbocycles. The van der Waals surface area contributed by atoms with Crippen LogP contribution in [0.3, 0.4) is 0 Å². The summed E-state index contributed by atoms with van der Waals surface area (Å²) >= 11 is 0. The lowest BCUT2D eigenvalue weighted by atomic mass is 10.2. The van der Waals surface area contributed by atoms with Crippen molar-refractivity contribution in [2.45, 2.75) is 19.8 Å². The van der Waals surface area contributed by atoms with E-state index in [0.717, 1.165) is 44.5 Å². The van der Waals surface area contributed by atoms with Crippen LogP contribution in [0.1, 0.15) is 30.1 Å². The maximum absolute atomic E-state index is 10.8. The predicted octanol–water partition coefficient (Wildman–Crippen LogP) is 2.30. The number of rotatable bonds is 9. The van der Waals surface area contributed by atoms with E-state index in [-0.39, 0.29) is 0 Å². The van der Waals surface area contributed by atoms with Crippen molar-refractivity contribution in [3.63, 3.8) is 0 Å². The summed E-state index contributed by atoms with van der Waals surface area (Å²) in [6.07, 6.45) is 2.98. The van der Waals surface area contributed by atoms with Gasteiger partial charge in [-0.15, -0.1) is 0 Å². The van der Waals surface area contributed by atoms with Gasteiger partial charge in [-0.1, -0.05) is 0 Å². The average Bonchev–Trinajstić information content (AvgIpc) is 2.57. The molecule has 1 fully saturated rings. The highest BCUT2D eigenvalue weighted by Gasteiger charge is 2.12. The molecular weight excluding hydrogens is 292 g/mol. The number of carbonyl (C=O) groups is 1. The Bertz CT molecular complexity index is 485. The average molecular weight is 320 g/mol. The Labute approximate surface area is 139 Å². The molecule has 1 saturated heterocycles. The Kier molecular flexibility index (Phi) is 7.36. The molecule has 1 aliphatic rings. The molecule has 23 heavy (non-hydrogen) atoms. The number of likely N-dealkylation sites (N-methyl/N-ethyl adjacent to an activating group) is 1. The summed E-state index contributed by atoms with van der Waals surface area (Å²) in [6, 6.07) is 5.31. The molecule has 0 aliphatic carbocycles. The number of piperazine rings is 1. The Morgan fingerprint density at radius 2 is 1.87 bits per heavy atom. The van der Waals surface area contributed by atoms with Gasteiger partial charge in [0.15, 0.2) is 11.5 Å². The first kappa shape index (κ1) is 17.8. The summed E-state index contributed by atoms with van der Waals surface area (Å²) in [5.41, 5.74) is 0.607. The zero-order valence-electron chi connectivity index (χ0n) is 14.3. The van der Waals surface area contributed by atoms with Gasteiger partial charge < -0.3 is 19.3 Å². The largest absolute Gasteiger partial charge is 0.490 e. The molecule has 0 N–H and O–H groups in total. The topological polar surface area (TPSA) is 42.0 Å². The van der Waals surface area contributed by atoms with Crippen LogP contribution in [0.4, 0.5) is 0 Å². The Hall–Kier alpha value is -1.59. The summed E-state index contributed by atoms with van der Waals surface area (Å²) in [5, 5.41) is 0. The smallest absolute Gasteiger partial charge is 0.161 e. The fourth-order valence-corrected chi connectivity index (χ4v) is 2.68. The fraction of sp³-hybridized carbons (Fsp3) is 0.611. The quantitative estimate of drug-likeness (QED) is 0.516. The van der Waals surface area contributed by atoms with Gasteiger partial charge in [0.05, 0.1) is 13.2 Å². The molecule has 5 nitrogen and oxygen atoms in total. The number of unbranched alkanes of at least 4 members (excludes halogenated alkanes) is 1. The minimum absolute atomic E-state index is 0.558. The van der Waals surface area contributed by atoms with E-state index >= 15 is 0 Å². The van der Waals surface area contributed by atoms with Crippen LogP contribution in [-0.4, -0.2) is 69.1 Å². The van der Waals surface area contributed by atoms with Crippen molar-refractivity contribution in [2.24, 2.45) is 0 Å². The fourth-order valence-electron chi connectivity index (χ4n) is 2.68. The molecule has 0 unspecified atom stereocenters. The lowest BCUT2D eigenvalue weighted by Crippen LogP contribution is -2.44. The van der Waals surface area contributed by atoms with Crippen molar-refractivity contribution in [2.75, 3.05) is 53.0 Å². The van der Waals surface area contributed by atoms with Crippen LogP contribution in [0.25, 0.3) is 0 Å². The first-order valence-corrected chi connectivity index (χ1v) is 8.48. The Balaban J connectivity index is 1.70. The SMILES string of the molecule is CCOc1cc(C=O)ccc1OCCCCN1CCN(C)CC1. The maximum atomic E-state index is 10.8. The highest BCUT2D eigenvalue weighted by molar-refractivity contribution is 5.76. The van der Waals surface area contributed by atoms with Crippen LogP contribution in [0.2, 0.25) is 0 Å². The van der Waals surface area contributed by atoms with E-state index in [1.165, 1.54) is 13.1 Å². The number of aldehydes is 1. The second-order valence-corrected chi connectivity index (χ2v) is 5.96. The van der Waals surface area contributed by atoms with E-state index in [4.69, 9.17) is 9.47 Å².